The van der Waals surface area contributed by atoms with Gasteiger partial charge >= 0.3 is 0 Å². The van der Waals surface area contributed by atoms with Crippen molar-refractivity contribution in [3.05, 3.63) is 15.9 Å². The molecule has 1 N–H and O–H groups in total. The van der Waals surface area contributed by atoms with Gasteiger partial charge in [0.25, 0.3) is 10.0 Å². The largest absolute Gasteiger partial charge is 0.250 e. The number of hydrogen-bond acceptors (Lipinski definition) is 3. The Balaban J connectivity index is 2.93. The molecule has 1 atom stereocenters. The molecular weight excluding hydrogens is 346 g/mol. The molecule has 1 rings (SSSR count). The standard InChI is InChI=1S/C10H15BrClNO2S2/c1-3-10(2,6-7-12)13-17(14,15)9-5-4-8(11)16-9/h4-5,13H,3,6-7H2,1-2H3. The highest BCUT2D eigenvalue weighted by molar-refractivity contribution is 9.11. The second-order valence-electron chi connectivity index (χ2n) is 4.02. The molecule has 1 unspecified atom stereocenters. The topological polar surface area (TPSA) is 46.2 Å². The van der Waals surface area contributed by atoms with Crippen LogP contribution in [0.5, 0.6) is 0 Å². The molecule has 0 bridgehead atoms. The number of rotatable bonds is 6. The highest BCUT2D eigenvalue weighted by Crippen LogP contribution is 2.28. The second kappa shape index (κ2) is 6.02. The Morgan fingerprint density at radius 2 is 2.18 bits per heavy atom. The number of sulfonamides is 1. The maximum atomic E-state index is 12.1. The second-order valence-corrected chi connectivity index (χ2v) is 8.77. The molecule has 0 saturated heterocycles. The quantitative estimate of drug-likeness (QED) is 0.788. The highest BCUT2D eigenvalue weighted by atomic mass is 79.9. The first-order valence-corrected chi connectivity index (χ1v) is 8.81. The van der Waals surface area contributed by atoms with Crippen LogP contribution in [-0.4, -0.2) is 19.8 Å². The van der Waals surface area contributed by atoms with Crippen LogP contribution in [0.2, 0.25) is 0 Å². The Kier molecular flexibility index (Phi) is 5.46. The van der Waals surface area contributed by atoms with E-state index in [4.69, 9.17) is 11.6 Å². The van der Waals surface area contributed by atoms with Gasteiger partial charge in [0.2, 0.25) is 0 Å². The fourth-order valence-corrected chi connectivity index (χ4v) is 5.26. The summed E-state index contributed by atoms with van der Waals surface area (Å²) >= 11 is 10.2. The molecule has 0 spiro atoms. The van der Waals surface area contributed by atoms with E-state index in [1.165, 1.54) is 11.3 Å². The van der Waals surface area contributed by atoms with Crippen molar-refractivity contribution in [2.75, 3.05) is 5.88 Å². The molecule has 0 aliphatic carbocycles. The summed E-state index contributed by atoms with van der Waals surface area (Å²) in [5.41, 5.74) is -0.489. The Bertz CT molecular complexity index is 474. The summed E-state index contributed by atoms with van der Waals surface area (Å²) < 4.78 is 28.1. The molecule has 0 aliphatic rings. The molecule has 3 nitrogen and oxygen atoms in total. The van der Waals surface area contributed by atoms with Crippen molar-refractivity contribution in [2.24, 2.45) is 0 Å². The van der Waals surface area contributed by atoms with Crippen LogP contribution in [0.3, 0.4) is 0 Å². The van der Waals surface area contributed by atoms with E-state index in [1.807, 2.05) is 13.8 Å². The number of halogens is 2. The van der Waals surface area contributed by atoms with Gasteiger partial charge in [-0.25, -0.2) is 13.1 Å². The van der Waals surface area contributed by atoms with Crippen molar-refractivity contribution in [3.63, 3.8) is 0 Å². The molecule has 17 heavy (non-hydrogen) atoms. The van der Waals surface area contributed by atoms with Crippen molar-refractivity contribution in [3.8, 4) is 0 Å². The van der Waals surface area contributed by atoms with E-state index < -0.39 is 15.6 Å². The van der Waals surface area contributed by atoms with Gasteiger partial charge in [-0.05, 0) is 47.8 Å². The highest BCUT2D eigenvalue weighted by Gasteiger charge is 2.29. The fourth-order valence-electron chi connectivity index (χ4n) is 1.33. The molecule has 0 aromatic carbocycles. The van der Waals surface area contributed by atoms with Crippen LogP contribution >= 0.6 is 38.9 Å². The van der Waals surface area contributed by atoms with Crippen LogP contribution in [-0.2, 0) is 10.0 Å². The summed E-state index contributed by atoms with van der Waals surface area (Å²) in [4.78, 5) is 0. The molecule has 7 heteroatoms. The molecule has 1 aromatic heterocycles. The van der Waals surface area contributed by atoms with Gasteiger partial charge in [-0.3, -0.25) is 0 Å². The lowest BCUT2D eigenvalue weighted by molar-refractivity contribution is 0.391. The summed E-state index contributed by atoms with van der Waals surface area (Å²) in [5.74, 6) is 0.432. The lowest BCUT2D eigenvalue weighted by Gasteiger charge is -2.28. The predicted molar refractivity (Wildman–Crippen MR) is 76.4 cm³/mol. The Labute approximate surface area is 120 Å². The van der Waals surface area contributed by atoms with E-state index >= 15 is 0 Å². The van der Waals surface area contributed by atoms with E-state index in [2.05, 4.69) is 20.7 Å². The van der Waals surface area contributed by atoms with Gasteiger partial charge in [0.05, 0.1) is 3.79 Å². The monoisotopic (exact) mass is 359 g/mol. The first kappa shape index (κ1) is 15.4. The smallest absolute Gasteiger partial charge is 0.206 e. The van der Waals surface area contributed by atoms with E-state index in [-0.39, 0.29) is 0 Å². The summed E-state index contributed by atoms with van der Waals surface area (Å²) in [6, 6.07) is 3.32. The first-order chi connectivity index (χ1) is 7.83. The van der Waals surface area contributed by atoms with Gasteiger partial charge in [0, 0.05) is 11.4 Å². The minimum absolute atomic E-state index is 0.318. The lowest BCUT2D eigenvalue weighted by Crippen LogP contribution is -2.45. The van der Waals surface area contributed by atoms with Gasteiger partial charge in [0.15, 0.2) is 0 Å². The number of nitrogens with one attached hydrogen (secondary N) is 1. The molecule has 0 aliphatic heterocycles. The Hall–Kier alpha value is 0.380. The summed E-state index contributed by atoms with van der Waals surface area (Å²) in [7, 11) is -3.45. The fraction of sp³-hybridized carbons (Fsp3) is 0.600. The molecule has 0 saturated carbocycles. The average Bonchev–Trinajstić information content (AvgIpc) is 2.65. The summed E-state index contributed by atoms with van der Waals surface area (Å²) in [6.07, 6.45) is 1.31. The summed E-state index contributed by atoms with van der Waals surface area (Å²) in [6.45, 7) is 3.81. The van der Waals surface area contributed by atoms with Crippen LogP contribution in [0.1, 0.15) is 26.7 Å². The maximum absolute atomic E-state index is 12.1. The van der Waals surface area contributed by atoms with Crippen molar-refractivity contribution >= 4 is 48.9 Å². The normalized spacial score (nSPS) is 15.8. The van der Waals surface area contributed by atoms with Crippen molar-refractivity contribution < 1.29 is 8.42 Å². The van der Waals surface area contributed by atoms with Gasteiger partial charge in [-0.1, -0.05) is 6.92 Å². The molecule has 98 valence electrons. The van der Waals surface area contributed by atoms with Crippen LogP contribution in [0.4, 0.5) is 0 Å². The Morgan fingerprint density at radius 1 is 1.53 bits per heavy atom. The van der Waals surface area contributed by atoms with Crippen molar-refractivity contribution in [1.82, 2.24) is 4.72 Å². The third-order valence-electron chi connectivity index (χ3n) is 2.62. The van der Waals surface area contributed by atoms with Gasteiger partial charge < -0.3 is 0 Å². The maximum Gasteiger partial charge on any atom is 0.250 e. The SMILES string of the molecule is CCC(C)(CCCl)NS(=O)(=O)c1ccc(Br)s1. The van der Waals surface area contributed by atoms with Crippen LogP contribution < -0.4 is 4.72 Å². The van der Waals surface area contributed by atoms with Crippen LogP contribution in [0, 0.1) is 0 Å². The molecule has 0 amide bonds. The number of alkyl halides is 1. The molecule has 1 heterocycles. The first-order valence-electron chi connectivity index (χ1n) is 5.18. The van der Waals surface area contributed by atoms with Crippen LogP contribution in [0.15, 0.2) is 20.1 Å². The zero-order valence-corrected chi connectivity index (χ0v) is 13.6. The number of hydrogen-bond donors (Lipinski definition) is 1. The van der Waals surface area contributed by atoms with E-state index in [1.54, 1.807) is 12.1 Å². The van der Waals surface area contributed by atoms with E-state index in [0.29, 0.717) is 22.9 Å². The minimum atomic E-state index is -3.45. The lowest BCUT2D eigenvalue weighted by atomic mass is 9.97. The van der Waals surface area contributed by atoms with Crippen LogP contribution in [0.25, 0.3) is 0 Å². The summed E-state index contributed by atoms with van der Waals surface area (Å²) in [5, 5.41) is 0. The minimum Gasteiger partial charge on any atom is -0.206 e. The van der Waals surface area contributed by atoms with Gasteiger partial charge in [0.1, 0.15) is 4.21 Å². The van der Waals surface area contributed by atoms with Crippen molar-refractivity contribution in [2.45, 2.75) is 36.4 Å². The van der Waals surface area contributed by atoms with E-state index in [0.717, 1.165) is 3.79 Å². The van der Waals surface area contributed by atoms with Gasteiger partial charge in [-0.15, -0.1) is 22.9 Å². The third kappa shape index (κ3) is 4.21. The van der Waals surface area contributed by atoms with Crippen molar-refractivity contribution in [1.29, 1.82) is 0 Å². The zero-order chi connectivity index (χ0) is 13.1. The molecular formula is C10H15BrClNO2S2. The number of thiophene rings is 1. The van der Waals surface area contributed by atoms with E-state index in [9.17, 15) is 8.42 Å². The molecule has 0 fully saturated rings. The Morgan fingerprint density at radius 3 is 2.59 bits per heavy atom. The molecule has 1 aromatic rings. The van der Waals surface area contributed by atoms with Gasteiger partial charge in [-0.2, -0.15) is 0 Å². The zero-order valence-electron chi connectivity index (χ0n) is 9.66. The average molecular weight is 361 g/mol. The predicted octanol–water partition coefficient (Wildman–Crippen LogP) is 3.59. The molecule has 0 radical (unpaired) electrons. The third-order valence-corrected chi connectivity index (χ3v) is 6.56.